The highest BCUT2D eigenvalue weighted by Gasteiger charge is 2.11. The van der Waals surface area contributed by atoms with Crippen LogP contribution in [-0.4, -0.2) is 26.5 Å². The Hall–Kier alpha value is -1.27. The molecule has 5 nitrogen and oxygen atoms in total. The lowest BCUT2D eigenvalue weighted by Gasteiger charge is -2.04. The third-order valence-electron chi connectivity index (χ3n) is 2.68. The van der Waals surface area contributed by atoms with E-state index in [0.29, 0.717) is 0 Å². The molecule has 18 heavy (non-hydrogen) atoms. The molecule has 96 valence electrons. The van der Waals surface area contributed by atoms with E-state index < -0.39 is 0 Å². The van der Waals surface area contributed by atoms with Gasteiger partial charge in [0.15, 0.2) is 5.82 Å². The summed E-state index contributed by atoms with van der Waals surface area (Å²) >= 11 is 3.50. The molecular weight excluding hydrogens is 294 g/mol. The number of aryl methyl sites for hydroxylation is 1. The van der Waals surface area contributed by atoms with Crippen molar-refractivity contribution in [1.29, 1.82) is 0 Å². The lowest BCUT2D eigenvalue weighted by atomic mass is 10.3. The highest BCUT2D eigenvalue weighted by atomic mass is 79.9. The van der Waals surface area contributed by atoms with E-state index in [-0.39, 0.29) is 0 Å². The van der Waals surface area contributed by atoms with Crippen molar-refractivity contribution in [2.24, 2.45) is 0 Å². The number of halogens is 1. The maximum atomic E-state index is 4.42. The summed E-state index contributed by atoms with van der Waals surface area (Å²) in [6.45, 7) is 7.69. The standard InChI is InChI=1S/C12H16BrN5/c1-4-14-7-10-5-6-11(16-15-10)18-9(3)12(13)8(2)17-18/h5-6,14H,4,7H2,1-3H3. The summed E-state index contributed by atoms with van der Waals surface area (Å²) in [6, 6.07) is 3.90. The van der Waals surface area contributed by atoms with Gasteiger partial charge in [-0.25, -0.2) is 4.68 Å². The van der Waals surface area contributed by atoms with Gasteiger partial charge < -0.3 is 5.32 Å². The molecule has 0 saturated carbocycles. The lowest BCUT2D eigenvalue weighted by molar-refractivity contribution is 0.689. The number of hydrogen-bond donors (Lipinski definition) is 1. The second kappa shape index (κ2) is 5.58. The number of rotatable bonds is 4. The van der Waals surface area contributed by atoms with Gasteiger partial charge in [0, 0.05) is 6.54 Å². The van der Waals surface area contributed by atoms with Crippen molar-refractivity contribution in [3.63, 3.8) is 0 Å². The van der Waals surface area contributed by atoms with Crippen LogP contribution in [0.1, 0.15) is 24.0 Å². The minimum Gasteiger partial charge on any atom is -0.311 e. The van der Waals surface area contributed by atoms with E-state index in [1.165, 1.54) is 0 Å². The summed E-state index contributed by atoms with van der Waals surface area (Å²) in [5.41, 5.74) is 2.91. The topological polar surface area (TPSA) is 55.6 Å². The van der Waals surface area contributed by atoms with Gasteiger partial charge in [-0.1, -0.05) is 6.92 Å². The van der Waals surface area contributed by atoms with E-state index in [4.69, 9.17) is 0 Å². The van der Waals surface area contributed by atoms with E-state index in [1.807, 2.05) is 26.0 Å². The van der Waals surface area contributed by atoms with Crippen molar-refractivity contribution in [2.75, 3.05) is 6.54 Å². The molecule has 6 heteroatoms. The zero-order valence-corrected chi connectivity index (χ0v) is 12.3. The fourth-order valence-electron chi connectivity index (χ4n) is 1.66. The summed E-state index contributed by atoms with van der Waals surface area (Å²) in [5.74, 6) is 0.738. The Kier molecular flexibility index (Phi) is 4.08. The van der Waals surface area contributed by atoms with Crippen molar-refractivity contribution in [3.05, 3.63) is 33.7 Å². The van der Waals surface area contributed by atoms with Gasteiger partial charge >= 0.3 is 0 Å². The van der Waals surface area contributed by atoms with Crippen LogP contribution in [0.2, 0.25) is 0 Å². The Labute approximate surface area is 115 Å². The van der Waals surface area contributed by atoms with Gasteiger partial charge in [-0.15, -0.1) is 5.10 Å². The summed E-state index contributed by atoms with van der Waals surface area (Å²) in [7, 11) is 0. The zero-order chi connectivity index (χ0) is 13.1. The second-order valence-electron chi connectivity index (χ2n) is 4.06. The molecule has 0 aliphatic heterocycles. The quantitative estimate of drug-likeness (QED) is 0.940. The Balaban J connectivity index is 2.26. The molecule has 0 radical (unpaired) electrons. The molecule has 0 bridgehead atoms. The van der Waals surface area contributed by atoms with Crippen molar-refractivity contribution in [3.8, 4) is 5.82 Å². The molecule has 0 atom stereocenters. The molecule has 0 spiro atoms. The monoisotopic (exact) mass is 309 g/mol. The summed E-state index contributed by atoms with van der Waals surface area (Å²) in [5, 5.41) is 16.0. The third-order valence-corrected chi connectivity index (χ3v) is 3.83. The fourth-order valence-corrected chi connectivity index (χ4v) is 1.91. The molecule has 0 amide bonds. The second-order valence-corrected chi connectivity index (χ2v) is 4.85. The number of aromatic nitrogens is 4. The van der Waals surface area contributed by atoms with Crippen molar-refractivity contribution in [2.45, 2.75) is 27.3 Å². The van der Waals surface area contributed by atoms with E-state index in [9.17, 15) is 0 Å². The SMILES string of the molecule is CCNCc1ccc(-n2nc(C)c(Br)c2C)nn1. The first-order valence-corrected chi connectivity index (χ1v) is 6.68. The van der Waals surface area contributed by atoms with E-state index in [1.54, 1.807) is 4.68 Å². The van der Waals surface area contributed by atoms with Gasteiger partial charge in [0.05, 0.1) is 21.6 Å². The van der Waals surface area contributed by atoms with E-state index in [2.05, 4.69) is 43.5 Å². The average molecular weight is 310 g/mol. The normalized spacial score (nSPS) is 10.9. The Morgan fingerprint density at radius 2 is 2.06 bits per heavy atom. The molecule has 0 fully saturated rings. The minimum absolute atomic E-state index is 0.738. The van der Waals surface area contributed by atoms with Gasteiger partial charge in [0.25, 0.3) is 0 Å². The molecule has 2 aromatic heterocycles. The van der Waals surface area contributed by atoms with Crippen LogP contribution in [0.3, 0.4) is 0 Å². The smallest absolute Gasteiger partial charge is 0.175 e. The third kappa shape index (κ3) is 2.59. The number of hydrogen-bond acceptors (Lipinski definition) is 4. The molecule has 2 heterocycles. The van der Waals surface area contributed by atoms with Gasteiger partial charge in [-0.05, 0) is 48.5 Å². The first kappa shape index (κ1) is 13.2. The minimum atomic E-state index is 0.738. The highest BCUT2D eigenvalue weighted by Crippen LogP contribution is 2.21. The summed E-state index contributed by atoms with van der Waals surface area (Å²) in [6.07, 6.45) is 0. The van der Waals surface area contributed by atoms with Crippen LogP contribution in [0.15, 0.2) is 16.6 Å². The summed E-state index contributed by atoms with van der Waals surface area (Å²) < 4.78 is 2.81. The highest BCUT2D eigenvalue weighted by molar-refractivity contribution is 9.10. The molecule has 1 N–H and O–H groups in total. The Bertz CT molecular complexity index is 532. The van der Waals surface area contributed by atoms with E-state index >= 15 is 0 Å². The maximum Gasteiger partial charge on any atom is 0.175 e. The molecule has 0 saturated heterocycles. The Morgan fingerprint density at radius 1 is 1.28 bits per heavy atom. The van der Waals surface area contributed by atoms with Crippen LogP contribution >= 0.6 is 15.9 Å². The van der Waals surface area contributed by atoms with Crippen LogP contribution in [0.4, 0.5) is 0 Å². The summed E-state index contributed by atoms with van der Waals surface area (Å²) in [4.78, 5) is 0. The molecule has 2 aromatic rings. The molecule has 2 rings (SSSR count). The number of nitrogens with one attached hydrogen (secondary N) is 1. The van der Waals surface area contributed by atoms with Crippen LogP contribution in [0.5, 0.6) is 0 Å². The first-order chi connectivity index (χ1) is 8.63. The molecule has 0 aromatic carbocycles. The van der Waals surface area contributed by atoms with Gasteiger partial charge in [-0.2, -0.15) is 10.2 Å². The van der Waals surface area contributed by atoms with Crippen LogP contribution in [0, 0.1) is 13.8 Å². The molecule has 0 unspecified atom stereocenters. The average Bonchev–Trinajstić information content (AvgIpc) is 2.65. The van der Waals surface area contributed by atoms with Crippen LogP contribution < -0.4 is 5.32 Å². The molecule has 0 aliphatic carbocycles. The van der Waals surface area contributed by atoms with Crippen molar-refractivity contribution < 1.29 is 0 Å². The van der Waals surface area contributed by atoms with Gasteiger partial charge in [-0.3, -0.25) is 0 Å². The molecule has 0 aliphatic rings. The zero-order valence-electron chi connectivity index (χ0n) is 10.7. The number of nitrogens with zero attached hydrogens (tertiary/aromatic N) is 4. The predicted molar refractivity (Wildman–Crippen MR) is 73.7 cm³/mol. The van der Waals surface area contributed by atoms with Gasteiger partial charge in [0.1, 0.15) is 0 Å². The van der Waals surface area contributed by atoms with Crippen molar-refractivity contribution >= 4 is 15.9 Å². The fraction of sp³-hybridized carbons (Fsp3) is 0.417. The van der Waals surface area contributed by atoms with Gasteiger partial charge in [0.2, 0.25) is 0 Å². The largest absolute Gasteiger partial charge is 0.311 e. The van der Waals surface area contributed by atoms with Crippen LogP contribution in [0.25, 0.3) is 5.82 Å². The maximum absolute atomic E-state index is 4.42. The predicted octanol–water partition coefficient (Wildman–Crippen LogP) is 2.15. The first-order valence-electron chi connectivity index (χ1n) is 5.89. The van der Waals surface area contributed by atoms with Crippen molar-refractivity contribution in [1.82, 2.24) is 25.3 Å². The lowest BCUT2D eigenvalue weighted by Crippen LogP contribution is -2.14. The van der Waals surface area contributed by atoms with Crippen LogP contribution in [-0.2, 0) is 6.54 Å². The Morgan fingerprint density at radius 3 is 2.56 bits per heavy atom. The molecular formula is C12H16BrN5. The van der Waals surface area contributed by atoms with E-state index in [0.717, 1.165) is 40.5 Å².